The van der Waals surface area contributed by atoms with Crippen LogP contribution < -0.4 is 10.0 Å². The van der Waals surface area contributed by atoms with Crippen molar-refractivity contribution >= 4 is 21.7 Å². The fourth-order valence-corrected chi connectivity index (χ4v) is 4.87. The molecule has 0 bridgehead atoms. The van der Waals surface area contributed by atoms with Crippen molar-refractivity contribution in [2.75, 3.05) is 18.4 Å². The van der Waals surface area contributed by atoms with Crippen LogP contribution in [0.3, 0.4) is 0 Å². The molecule has 1 aromatic carbocycles. The summed E-state index contributed by atoms with van der Waals surface area (Å²) in [5, 5.41) is 6.52. The Balaban J connectivity index is 1.80. The average molecular weight is 466 g/mol. The Morgan fingerprint density at radius 3 is 2.19 bits per heavy atom. The molecule has 32 heavy (non-hydrogen) atoms. The molecule has 2 amide bonds. The van der Waals surface area contributed by atoms with E-state index in [-0.39, 0.29) is 16.9 Å². The van der Waals surface area contributed by atoms with Crippen LogP contribution in [-0.4, -0.2) is 42.2 Å². The van der Waals surface area contributed by atoms with Crippen LogP contribution in [0.5, 0.6) is 0 Å². The van der Waals surface area contributed by atoms with E-state index in [1.807, 2.05) is 32.4 Å². The summed E-state index contributed by atoms with van der Waals surface area (Å²) >= 11 is 0. The Bertz CT molecular complexity index is 1060. The normalized spacial score (nSPS) is 15.0. The number of aromatic nitrogens is 2. The van der Waals surface area contributed by atoms with Gasteiger partial charge in [0.25, 0.3) is 10.0 Å². The van der Waals surface area contributed by atoms with E-state index in [0.29, 0.717) is 23.4 Å². The van der Waals surface area contributed by atoms with Gasteiger partial charge in [0.15, 0.2) is 5.03 Å². The van der Waals surface area contributed by atoms with Crippen molar-refractivity contribution in [3.63, 3.8) is 0 Å². The van der Waals surface area contributed by atoms with Crippen molar-refractivity contribution in [1.82, 2.24) is 19.4 Å². The molecule has 1 aromatic heterocycles. The molecule has 10 heteroatoms. The Hall–Kier alpha value is -2.46. The maximum Gasteiger partial charge on any atom is 0.333 e. The Labute approximate surface area is 189 Å². The summed E-state index contributed by atoms with van der Waals surface area (Å²) in [6, 6.07) is 3.31. The lowest BCUT2D eigenvalue weighted by molar-refractivity contribution is 0.256. The zero-order valence-corrected chi connectivity index (χ0v) is 20.1. The highest BCUT2D eigenvalue weighted by atomic mass is 32.2. The molecule has 8 nitrogen and oxygen atoms in total. The van der Waals surface area contributed by atoms with E-state index < -0.39 is 21.9 Å². The van der Waals surface area contributed by atoms with Crippen LogP contribution in [-0.2, 0) is 23.6 Å². The van der Waals surface area contributed by atoms with E-state index in [4.69, 9.17) is 0 Å². The number of rotatable bonds is 7. The van der Waals surface area contributed by atoms with E-state index in [0.717, 1.165) is 31.6 Å². The van der Waals surface area contributed by atoms with Crippen LogP contribution in [0.15, 0.2) is 23.2 Å². The number of hydrogen-bond acceptors (Lipinski definition) is 5. The molecular weight excluding hydrogens is 433 g/mol. The highest BCUT2D eigenvalue weighted by Gasteiger charge is 2.25. The van der Waals surface area contributed by atoms with Crippen LogP contribution in [0.25, 0.3) is 0 Å². The molecule has 0 unspecified atom stereocenters. The van der Waals surface area contributed by atoms with Crippen LogP contribution in [0.1, 0.15) is 69.2 Å². The number of carbonyl (C=O) groups is 1. The number of urea groups is 1. The number of likely N-dealkylation sites (tertiary alicyclic amines) is 1. The van der Waals surface area contributed by atoms with Gasteiger partial charge in [-0.15, -0.1) is 0 Å². The van der Waals surface area contributed by atoms with E-state index in [1.54, 1.807) is 7.05 Å². The molecule has 3 rings (SSSR count). The van der Waals surface area contributed by atoms with E-state index in [9.17, 15) is 17.6 Å². The minimum absolute atomic E-state index is 0.0703. The maximum absolute atomic E-state index is 14.1. The molecule has 176 valence electrons. The van der Waals surface area contributed by atoms with Crippen molar-refractivity contribution in [2.24, 2.45) is 7.05 Å². The van der Waals surface area contributed by atoms with Gasteiger partial charge in [-0.1, -0.05) is 27.7 Å². The van der Waals surface area contributed by atoms with Gasteiger partial charge in [-0.25, -0.2) is 13.9 Å². The third-order valence-corrected chi connectivity index (χ3v) is 6.89. The SMILES string of the molecule is CC(C)c1cc(F)cc(C(C)C)c1NC(=O)NS(=O)(=O)c1cc(CN2CCCC2)n(C)n1. The average Bonchev–Trinajstić information content (AvgIpc) is 3.33. The quantitative estimate of drug-likeness (QED) is 0.646. The highest BCUT2D eigenvalue weighted by molar-refractivity contribution is 7.90. The first-order valence-corrected chi connectivity index (χ1v) is 12.4. The van der Waals surface area contributed by atoms with Gasteiger partial charge in [0.2, 0.25) is 0 Å². The van der Waals surface area contributed by atoms with Crippen LogP contribution >= 0.6 is 0 Å². The first-order valence-electron chi connectivity index (χ1n) is 10.9. The van der Waals surface area contributed by atoms with Gasteiger partial charge in [0.05, 0.1) is 5.69 Å². The van der Waals surface area contributed by atoms with Crippen molar-refractivity contribution in [3.05, 3.63) is 40.8 Å². The third kappa shape index (κ3) is 5.47. The number of aryl methyl sites for hydroxylation is 1. The van der Waals surface area contributed by atoms with Gasteiger partial charge in [0.1, 0.15) is 5.82 Å². The van der Waals surface area contributed by atoms with Gasteiger partial charge < -0.3 is 5.32 Å². The summed E-state index contributed by atoms with van der Waals surface area (Å²) in [6.45, 7) is 10.1. The van der Waals surface area contributed by atoms with Crippen molar-refractivity contribution in [2.45, 2.75) is 63.9 Å². The molecule has 0 aliphatic carbocycles. The maximum atomic E-state index is 14.1. The smallest absolute Gasteiger partial charge is 0.307 e. The molecule has 0 spiro atoms. The van der Waals surface area contributed by atoms with Crippen LogP contribution in [0.2, 0.25) is 0 Å². The number of nitrogens with one attached hydrogen (secondary N) is 2. The summed E-state index contributed by atoms with van der Waals surface area (Å²) in [6.07, 6.45) is 2.26. The summed E-state index contributed by atoms with van der Waals surface area (Å²) in [5.74, 6) is -0.534. The molecule has 1 aliphatic heterocycles. The highest BCUT2D eigenvalue weighted by Crippen LogP contribution is 2.33. The number of amides is 2. The number of carbonyl (C=O) groups excluding carboxylic acids is 1. The summed E-state index contributed by atoms with van der Waals surface area (Å²) < 4.78 is 43.3. The second-order valence-electron chi connectivity index (χ2n) is 8.91. The number of hydrogen-bond donors (Lipinski definition) is 2. The zero-order chi connectivity index (χ0) is 23.6. The Morgan fingerprint density at radius 1 is 1.09 bits per heavy atom. The summed E-state index contributed by atoms with van der Waals surface area (Å²) in [4.78, 5) is 14.9. The molecule has 1 saturated heterocycles. The number of nitrogens with zero attached hydrogens (tertiary/aromatic N) is 3. The van der Waals surface area contributed by atoms with Crippen molar-refractivity contribution in [3.8, 4) is 0 Å². The lowest BCUT2D eigenvalue weighted by Crippen LogP contribution is -2.35. The van der Waals surface area contributed by atoms with Gasteiger partial charge in [-0.2, -0.15) is 13.5 Å². The van der Waals surface area contributed by atoms with Crippen LogP contribution in [0, 0.1) is 5.82 Å². The summed E-state index contributed by atoms with van der Waals surface area (Å²) in [7, 11) is -2.49. The van der Waals surface area contributed by atoms with Gasteiger partial charge in [0, 0.05) is 25.3 Å². The lowest BCUT2D eigenvalue weighted by Gasteiger charge is -2.20. The third-order valence-electron chi connectivity index (χ3n) is 5.69. The lowest BCUT2D eigenvalue weighted by atomic mass is 9.92. The molecule has 1 fully saturated rings. The van der Waals surface area contributed by atoms with Crippen molar-refractivity contribution < 1.29 is 17.6 Å². The minimum Gasteiger partial charge on any atom is -0.307 e. The minimum atomic E-state index is -4.18. The number of halogens is 1. The van der Waals surface area contributed by atoms with E-state index in [2.05, 4.69) is 15.3 Å². The molecular formula is C22H32FN5O3S. The number of sulfonamides is 1. The molecule has 2 N–H and O–H groups in total. The van der Waals surface area contributed by atoms with Gasteiger partial charge in [-0.05, 0) is 61.0 Å². The van der Waals surface area contributed by atoms with Gasteiger partial charge in [-0.3, -0.25) is 9.58 Å². The van der Waals surface area contributed by atoms with Crippen LogP contribution in [0.4, 0.5) is 14.9 Å². The molecule has 2 aromatic rings. The molecule has 0 saturated carbocycles. The van der Waals surface area contributed by atoms with Gasteiger partial charge >= 0.3 is 6.03 Å². The molecule has 0 radical (unpaired) electrons. The van der Waals surface area contributed by atoms with Crippen molar-refractivity contribution in [1.29, 1.82) is 0 Å². The first-order chi connectivity index (χ1) is 15.0. The van der Waals surface area contributed by atoms with E-state index >= 15 is 0 Å². The first kappa shape index (κ1) is 24.2. The zero-order valence-electron chi connectivity index (χ0n) is 19.3. The Morgan fingerprint density at radius 2 is 1.66 bits per heavy atom. The fourth-order valence-electron chi connectivity index (χ4n) is 3.94. The topological polar surface area (TPSA) is 96.3 Å². The fraction of sp³-hybridized carbons (Fsp3) is 0.545. The Kier molecular flexibility index (Phi) is 7.24. The number of benzene rings is 1. The monoisotopic (exact) mass is 465 g/mol. The standard InChI is InChI=1S/C22H32FN5O3S/c1-14(2)18-10-16(23)11-19(15(3)4)21(18)24-22(29)26-32(30,31)20-12-17(27(5)25-20)13-28-8-6-7-9-28/h10-12,14-15H,6-9,13H2,1-5H3,(H2,24,26,29). The predicted molar refractivity (Wildman–Crippen MR) is 122 cm³/mol. The molecule has 1 aliphatic rings. The second-order valence-corrected chi connectivity index (χ2v) is 10.5. The molecule has 0 atom stereocenters. The number of anilines is 1. The molecule has 2 heterocycles. The second kappa shape index (κ2) is 9.58. The van der Waals surface area contributed by atoms with E-state index in [1.165, 1.54) is 22.9 Å². The largest absolute Gasteiger partial charge is 0.333 e. The predicted octanol–water partition coefficient (Wildman–Crippen LogP) is 3.91. The summed E-state index contributed by atoms with van der Waals surface area (Å²) in [5.41, 5.74) is 2.40.